The Bertz CT molecular complexity index is 1210. The lowest BCUT2D eigenvalue weighted by molar-refractivity contribution is -0.113. The molecule has 0 spiro atoms. The van der Waals surface area contributed by atoms with Crippen molar-refractivity contribution in [2.45, 2.75) is 6.92 Å². The number of thiocarbonyl (C=S) groups is 1. The van der Waals surface area contributed by atoms with Gasteiger partial charge in [0.15, 0.2) is 4.32 Å². The van der Waals surface area contributed by atoms with Crippen LogP contribution in [0.1, 0.15) is 11.3 Å². The molecule has 146 valence electrons. The summed E-state index contributed by atoms with van der Waals surface area (Å²) in [5.74, 6) is -0.305. The molecule has 2 heterocycles. The fraction of sp³-hybridized carbons (Fsp3) is 0.0952. The maximum Gasteiger partial charge on any atom is 0.296 e. The highest BCUT2D eigenvalue weighted by Gasteiger charge is 2.37. The number of halogens is 1. The van der Waals surface area contributed by atoms with Gasteiger partial charge in [0.2, 0.25) is 0 Å². The maximum atomic E-state index is 13.2. The van der Waals surface area contributed by atoms with Gasteiger partial charge in [0.1, 0.15) is 5.69 Å². The Balaban J connectivity index is 1.78. The summed E-state index contributed by atoms with van der Waals surface area (Å²) in [5.41, 5.74) is 2.19. The van der Waals surface area contributed by atoms with Crippen LogP contribution in [0.4, 0.5) is 5.69 Å². The lowest BCUT2D eigenvalue weighted by Gasteiger charge is -2.12. The highest BCUT2D eigenvalue weighted by Crippen LogP contribution is 2.36. The lowest BCUT2D eigenvalue weighted by Crippen LogP contribution is -2.33. The van der Waals surface area contributed by atoms with Crippen molar-refractivity contribution in [2.24, 2.45) is 7.05 Å². The summed E-state index contributed by atoms with van der Waals surface area (Å²) in [6.45, 7) is 1.80. The Morgan fingerprint density at radius 1 is 1.03 bits per heavy atom. The molecule has 1 fully saturated rings. The molecule has 1 aliphatic rings. The van der Waals surface area contributed by atoms with E-state index < -0.39 is 0 Å². The number of carbonyl (C=O) groups excluding carboxylic acids is 1. The van der Waals surface area contributed by atoms with Crippen LogP contribution in [0.25, 0.3) is 11.8 Å². The minimum Gasteiger partial charge on any atom is -0.283 e. The van der Waals surface area contributed by atoms with Gasteiger partial charge in [-0.25, -0.2) is 4.68 Å². The van der Waals surface area contributed by atoms with E-state index in [4.69, 9.17) is 23.8 Å². The minimum atomic E-state index is -0.305. The van der Waals surface area contributed by atoms with Crippen LogP contribution in [0.5, 0.6) is 0 Å². The van der Waals surface area contributed by atoms with E-state index in [-0.39, 0.29) is 17.2 Å². The summed E-state index contributed by atoms with van der Waals surface area (Å²) < 4.78 is 3.60. The van der Waals surface area contributed by atoms with Crippen molar-refractivity contribution in [3.63, 3.8) is 0 Å². The van der Waals surface area contributed by atoms with E-state index in [1.807, 2.05) is 42.5 Å². The molecule has 4 rings (SSSR count). The van der Waals surface area contributed by atoms with Crippen LogP contribution in [0.3, 0.4) is 0 Å². The summed E-state index contributed by atoms with van der Waals surface area (Å²) >= 11 is 12.6. The van der Waals surface area contributed by atoms with Gasteiger partial charge < -0.3 is 0 Å². The molecule has 1 amide bonds. The Morgan fingerprint density at radius 3 is 2.34 bits per heavy atom. The second kappa shape index (κ2) is 7.67. The third-order valence-electron chi connectivity index (χ3n) is 4.71. The Hall–Kier alpha value is -2.61. The van der Waals surface area contributed by atoms with Crippen LogP contribution in [-0.4, -0.2) is 19.6 Å². The summed E-state index contributed by atoms with van der Waals surface area (Å²) in [7, 11) is 1.79. The van der Waals surface area contributed by atoms with Gasteiger partial charge in [0.25, 0.3) is 11.5 Å². The largest absolute Gasteiger partial charge is 0.296 e. The summed E-state index contributed by atoms with van der Waals surface area (Å²) in [4.78, 5) is 28.1. The quantitative estimate of drug-likeness (QED) is 0.442. The van der Waals surface area contributed by atoms with Gasteiger partial charge in [-0.1, -0.05) is 65.9 Å². The van der Waals surface area contributed by atoms with Crippen molar-refractivity contribution in [2.75, 3.05) is 4.90 Å². The van der Waals surface area contributed by atoms with Gasteiger partial charge >= 0.3 is 0 Å². The van der Waals surface area contributed by atoms with E-state index in [1.54, 1.807) is 36.9 Å². The van der Waals surface area contributed by atoms with Crippen LogP contribution >= 0.6 is 35.6 Å². The zero-order valence-corrected chi connectivity index (χ0v) is 18.0. The maximum absolute atomic E-state index is 13.2. The monoisotopic (exact) mass is 441 g/mol. The topological polar surface area (TPSA) is 47.2 Å². The molecule has 1 aromatic heterocycles. The van der Waals surface area contributed by atoms with E-state index in [0.717, 1.165) is 11.3 Å². The molecule has 0 unspecified atom stereocenters. The molecule has 8 heteroatoms. The number of thioether (sulfide) groups is 1. The van der Waals surface area contributed by atoms with Gasteiger partial charge in [-0.3, -0.25) is 19.2 Å². The Labute approximate surface area is 182 Å². The second-order valence-electron chi connectivity index (χ2n) is 6.48. The molecular formula is C21H16ClN3O2S2. The predicted octanol–water partition coefficient (Wildman–Crippen LogP) is 4.54. The average Bonchev–Trinajstić information content (AvgIpc) is 3.10. The number of amides is 1. The predicted molar refractivity (Wildman–Crippen MR) is 123 cm³/mol. The van der Waals surface area contributed by atoms with Gasteiger partial charge in [-0.2, -0.15) is 0 Å². The molecule has 5 nitrogen and oxygen atoms in total. The summed E-state index contributed by atoms with van der Waals surface area (Å²) in [6, 6.07) is 16.5. The molecule has 0 aliphatic carbocycles. The standard InChI is InChI=1S/C21H16ClN3O2S2/c1-13-18(20(27)25(23(13)2)16-6-4-3-5-7-16)24-19(26)17(29-21(24)28)12-14-8-10-15(22)11-9-14/h3-12H,1-2H3. The smallest absolute Gasteiger partial charge is 0.283 e. The molecule has 1 saturated heterocycles. The molecule has 3 aromatic rings. The molecule has 0 N–H and O–H groups in total. The van der Waals surface area contributed by atoms with Gasteiger partial charge in [0.05, 0.1) is 16.3 Å². The molecule has 0 radical (unpaired) electrons. The van der Waals surface area contributed by atoms with E-state index >= 15 is 0 Å². The number of benzene rings is 2. The SMILES string of the molecule is Cc1c(N2C(=O)C(=Cc3ccc(Cl)cc3)SC2=S)c(=O)n(-c2ccccc2)n1C. The lowest BCUT2D eigenvalue weighted by atomic mass is 10.2. The molecular weight excluding hydrogens is 426 g/mol. The molecule has 0 atom stereocenters. The summed E-state index contributed by atoms with van der Waals surface area (Å²) in [5, 5.41) is 0.621. The summed E-state index contributed by atoms with van der Waals surface area (Å²) in [6.07, 6.45) is 1.75. The number of carbonyl (C=O) groups is 1. The highest BCUT2D eigenvalue weighted by atomic mass is 35.5. The number of aromatic nitrogens is 2. The van der Waals surface area contributed by atoms with E-state index in [0.29, 0.717) is 19.9 Å². The molecule has 29 heavy (non-hydrogen) atoms. The van der Waals surface area contributed by atoms with Crippen molar-refractivity contribution >= 4 is 57.6 Å². The van der Waals surface area contributed by atoms with E-state index in [9.17, 15) is 9.59 Å². The number of anilines is 1. The van der Waals surface area contributed by atoms with Crippen molar-refractivity contribution in [3.05, 3.63) is 86.1 Å². The van der Waals surface area contributed by atoms with Crippen molar-refractivity contribution in [1.29, 1.82) is 0 Å². The van der Waals surface area contributed by atoms with Gasteiger partial charge in [-0.05, 0) is 42.8 Å². The van der Waals surface area contributed by atoms with Crippen LogP contribution in [0, 0.1) is 6.92 Å². The minimum absolute atomic E-state index is 0.276. The third kappa shape index (κ3) is 3.46. The first-order valence-corrected chi connectivity index (χ1v) is 10.4. The van der Waals surface area contributed by atoms with Gasteiger partial charge in [0, 0.05) is 12.1 Å². The highest BCUT2D eigenvalue weighted by molar-refractivity contribution is 8.27. The Kier molecular flexibility index (Phi) is 5.21. The van der Waals surface area contributed by atoms with Crippen LogP contribution in [-0.2, 0) is 11.8 Å². The Morgan fingerprint density at radius 2 is 1.69 bits per heavy atom. The molecule has 2 aromatic carbocycles. The molecule has 0 saturated carbocycles. The third-order valence-corrected chi connectivity index (χ3v) is 6.26. The zero-order valence-electron chi connectivity index (χ0n) is 15.6. The zero-order chi connectivity index (χ0) is 20.7. The van der Waals surface area contributed by atoms with E-state index in [2.05, 4.69) is 0 Å². The van der Waals surface area contributed by atoms with Gasteiger partial charge in [-0.15, -0.1) is 0 Å². The fourth-order valence-electron chi connectivity index (χ4n) is 3.18. The number of rotatable bonds is 3. The number of hydrogen-bond donors (Lipinski definition) is 0. The first-order chi connectivity index (χ1) is 13.9. The first-order valence-electron chi connectivity index (χ1n) is 8.76. The fourth-order valence-corrected chi connectivity index (χ4v) is 4.58. The van der Waals surface area contributed by atoms with Crippen molar-refractivity contribution in [3.8, 4) is 5.69 Å². The van der Waals surface area contributed by atoms with Crippen molar-refractivity contribution < 1.29 is 4.79 Å². The molecule has 0 bridgehead atoms. The number of nitrogens with zero attached hydrogens (tertiary/aromatic N) is 3. The first kappa shape index (κ1) is 19.7. The average molecular weight is 442 g/mol. The van der Waals surface area contributed by atoms with E-state index in [1.165, 1.54) is 21.3 Å². The van der Waals surface area contributed by atoms with Crippen LogP contribution in [0.2, 0.25) is 5.02 Å². The van der Waals surface area contributed by atoms with Crippen molar-refractivity contribution in [1.82, 2.24) is 9.36 Å². The van der Waals surface area contributed by atoms with Crippen LogP contribution in [0.15, 0.2) is 64.3 Å². The van der Waals surface area contributed by atoms with Crippen LogP contribution < -0.4 is 10.5 Å². The number of para-hydroxylation sites is 1. The normalized spacial score (nSPS) is 15.6. The number of hydrogen-bond acceptors (Lipinski definition) is 4. The second-order valence-corrected chi connectivity index (χ2v) is 8.59. The molecule has 1 aliphatic heterocycles.